The molecule has 1 atom stereocenters. The largest absolute Gasteiger partial charge is 0.302 e. The van der Waals surface area contributed by atoms with Gasteiger partial charge >= 0.3 is 0 Å². The molecule has 0 aromatic carbocycles. The second kappa shape index (κ2) is 7.45. The SMILES string of the molecule is CC(C)N1CCCC(CN2CC3(CCN(S(=O)(=O)C(C)C)CC3)C2)C1. The van der Waals surface area contributed by atoms with E-state index < -0.39 is 10.0 Å². The van der Waals surface area contributed by atoms with Crippen LogP contribution in [0.25, 0.3) is 0 Å². The monoisotopic (exact) mass is 371 g/mol. The Bertz CT molecular complexity index is 545. The first kappa shape index (κ1) is 19.6. The van der Waals surface area contributed by atoms with Crippen LogP contribution in [-0.2, 0) is 10.0 Å². The van der Waals surface area contributed by atoms with Crippen LogP contribution in [-0.4, -0.2) is 79.6 Å². The van der Waals surface area contributed by atoms with Gasteiger partial charge in [-0.3, -0.25) is 0 Å². The van der Waals surface area contributed by atoms with E-state index in [1.807, 2.05) is 0 Å². The van der Waals surface area contributed by atoms with E-state index in [-0.39, 0.29) is 5.25 Å². The third-order valence-electron chi connectivity index (χ3n) is 6.65. The molecule has 5 nitrogen and oxygen atoms in total. The Labute approximate surface area is 154 Å². The third kappa shape index (κ3) is 4.23. The second-order valence-corrected chi connectivity index (χ2v) is 11.7. The maximum Gasteiger partial charge on any atom is 0.216 e. The van der Waals surface area contributed by atoms with E-state index in [0.29, 0.717) is 11.5 Å². The van der Waals surface area contributed by atoms with E-state index in [2.05, 4.69) is 23.6 Å². The molecule has 3 saturated heterocycles. The molecule has 25 heavy (non-hydrogen) atoms. The molecule has 6 heteroatoms. The molecule has 146 valence electrons. The molecule has 0 N–H and O–H groups in total. The second-order valence-electron chi connectivity index (χ2n) is 9.26. The van der Waals surface area contributed by atoms with Crippen molar-refractivity contribution in [3.05, 3.63) is 0 Å². The van der Waals surface area contributed by atoms with Crippen LogP contribution in [0.2, 0.25) is 0 Å². The normalized spacial score (nSPS) is 29.4. The van der Waals surface area contributed by atoms with Crippen molar-refractivity contribution in [2.45, 2.75) is 64.7 Å². The van der Waals surface area contributed by atoms with Gasteiger partial charge in [-0.15, -0.1) is 0 Å². The molecule has 3 aliphatic rings. The number of nitrogens with zero attached hydrogens (tertiary/aromatic N) is 3. The summed E-state index contributed by atoms with van der Waals surface area (Å²) < 4.78 is 26.4. The van der Waals surface area contributed by atoms with Crippen molar-refractivity contribution in [1.29, 1.82) is 0 Å². The van der Waals surface area contributed by atoms with Gasteiger partial charge in [0, 0.05) is 45.3 Å². The van der Waals surface area contributed by atoms with Crippen molar-refractivity contribution in [1.82, 2.24) is 14.1 Å². The Morgan fingerprint density at radius 1 is 1.04 bits per heavy atom. The maximum atomic E-state index is 12.3. The van der Waals surface area contributed by atoms with Gasteiger partial charge in [0.25, 0.3) is 0 Å². The van der Waals surface area contributed by atoms with Crippen LogP contribution in [0.4, 0.5) is 0 Å². The Balaban J connectivity index is 1.44. The van der Waals surface area contributed by atoms with Crippen LogP contribution in [0.15, 0.2) is 0 Å². The van der Waals surface area contributed by atoms with Crippen LogP contribution in [0.1, 0.15) is 53.4 Å². The van der Waals surface area contributed by atoms with Gasteiger partial charge in [-0.25, -0.2) is 12.7 Å². The summed E-state index contributed by atoms with van der Waals surface area (Å²) in [6, 6.07) is 0.665. The molecule has 0 bridgehead atoms. The first-order chi connectivity index (χ1) is 11.7. The van der Waals surface area contributed by atoms with E-state index in [4.69, 9.17) is 0 Å². The maximum absolute atomic E-state index is 12.3. The number of likely N-dealkylation sites (tertiary alicyclic amines) is 2. The number of piperidine rings is 2. The molecule has 0 saturated carbocycles. The fraction of sp³-hybridized carbons (Fsp3) is 1.00. The zero-order chi connectivity index (χ0) is 18.2. The summed E-state index contributed by atoms with van der Waals surface area (Å²) in [6.45, 7) is 15.7. The molecule has 3 aliphatic heterocycles. The molecular weight excluding hydrogens is 334 g/mol. The van der Waals surface area contributed by atoms with Crippen molar-refractivity contribution >= 4 is 10.0 Å². The summed E-state index contributed by atoms with van der Waals surface area (Å²) in [5.41, 5.74) is 0.398. The molecule has 3 fully saturated rings. The highest BCUT2D eigenvalue weighted by Gasteiger charge is 2.46. The van der Waals surface area contributed by atoms with Gasteiger partial charge in [0.2, 0.25) is 10.0 Å². The van der Waals surface area contributed by atoms with E-state index in [1.54, 1.807) is 18.2 Å². The lowest BCUT2D eigenvalue weighted by molar-refractivity contribution is -0.0484. The van der Waals surface area contributed by atoms with Gasteiger partial charge in [-0.1, -0.05) is 0 Å². The molecule has 3 heterocycles. The predicted octanol–water partition coefficient (Wildman–Crippen LogP) is 2.24. The van der Waals surface area contributed by atoms with Crippen molar-refractivity contribution in [2.24, 2.45) is 11.3 Å². The highest BCUT2D eigenvalue weighted by Crippen LogP contribution is 2.41. The molecule has 3 rings (SSSR count). The van der Waals surface area contributed by atoms with Crippen molar-refractivity contribution in [3.8, 4) is 0 Å². The zero-order valence-electron chi connectivity index (χ0n) is 16.6. The molecule has 0 aromatic heterocycles. The van der Waals surface area contributed by atoms with E-state index >= 15 is 0 Å². The fourth-order valence-electron chi connectivity index (χ4n) is 4.94. The molecule has 1 spiro atoms. The molecule has 0 radical (unpaired) electrons. The third-order valence-corrected chi connectivity index (χ3v) is 8.93. The van der Waals surface area contributed by atoms with Gasteiger partial charge in [-0.05, 0) is 71.3 Å². The topological polar surface area (TPSA) is 43.9 Å². The Hall–Kier alpha value is -0.170. The van der Waals surface area contributed by atoms with Gasteiger partial charge in [0.15, 0.2) is 0 Å². The summed E-state index contributed by atoms with van der Waals surface area (Å²) in [7, 11) is -3.07. The highest BCUT2D eigenvalue weighted by molar-refractivity contribution is 7.89. The van der Waals surface area contributed by atoms with Crippen LogP contribution >= 0.6 is 0 Å². The molecule has 0 aromatic rings. The Morgan fingerprint density at radius 3 is 2.24 bits per heavy atom. The summed E-state index contributed by atoms with van der Waals surface area (Å²) in [4.78, 5) is 5.25. The van der Waals surface area contributed by atoms with Crippen LogP contribution in [0.5, 0.6) is 0 Å². The number of hydrogen-bond donors (Lipinski definition) is 0. The van der Waals surface area contributed by atoms with Gasteiger partial charge < -0.3 is 9.80 Å². The zero-order valence-corrected chi connectivity index (χ0v) is 17.4. The average molecular weight is 372 g/mol. The van der Waals surface area contributed by atoms with Gasteiger partial charge in [0.05, 0.1) is 5.25 Å². The first-order valence-corrected chi connectivity index (χ1v) is 11.7. The first-order valence-electron chi connectivity index (χ1n) is 10.2. The summed E-state index contributed by atoms with van der Waals surface area (Å²) in [5, 5.41) is -0.297. The molecule has 0 aliphatic carbocycles. The summed E-state index contributed by atoms with van der Waals surface area (Å²) in [5.74, 6) is 0.815. The number of rotatable bonds is 5. The fourth-order valence-corrected chi connectivity index (χ4v) is 6.23. The predicted molar refractivity (Wildman–Crippen MR) is 103 cm³/mol. The smallest absolute Gasteiger partial charge is 0.216 e. The van der Waals surface area contributed by atoms with Gasteiger partial charge in [0.1, 0.15) is 0 Å². The van der Waals surface area contributed by atoms with Crippen LogP contribution in [0, 0.1) is 11.3 Å². The minimum atomic E-state index is -3.07. The van der Waals surface area contributed by atoms with Gasteiger partial charge in [-0.2, -0.15) is 0 Å². The Kier molecular flexibility index (Phi) is 5.84. The summed E-state index contributed by atoms with van der Waals surface area (Å²) in [6.07, 6.45) is 4.79. The molecule has 1 unspecified atom stereocenters. The number of hydrogen-bond acceptors (Lipinski definition) is 4. The molecule has 0 amide bonds. The van der Waals surface area contributed by atoms with Crippen molar-refractivity contribution in [3.63, 3.8) is 0 Å². The van der Waals surface area contributed by atoms with Crippen LogP contribution in [0.3, 0.4) is 0 Å². The van der Waals surface area contributed by atoms with Crippen LogP contribution < -0.4 is 0 Å². The molecular formula is C19H37N3O2S. The van der Waals surface area contributed by atoms with Crippen molar-refractivity contribution in [2.75, 3.05) is 45.8 Å². The number of sulfonamides is 1. The minimum Gasteiger partial charge on any atom is -0.302 e. The minimum absolute atomic E-state index is 0.297. The lowest BCUT2D eigenvalue weighted by Gasteiger charge is -2.55. The lowest BCUT2D eigenvalue weighted by Crippen LogP contribution is -2.62. The summed E-state index contributed by atoms with van der Waals surface area (Å²) >= 11 is 0. The van der Waals surface area contributed by atoms with Crippen molar-refractivity contribution < 1.29 is 8.42 Å². The van der Waals surface area contributed by atoms with E-state index in [0.717, 1.165) is 31.8 Å². The lowest BCUT2D eigenvalue weighted by atomic mass is 9.72. The standard InChI is InChI=1S/C19H37N3O2S/c1-16(2)21-9-5-6-18(13-21)12-20-14-19(15-20)7-10-22(11-8-19)25(23,24)17(3)4/h16-18H,5-15H2,1-4H3. The average Bonchev–Trinajstić information content (AvgIpc) is 2.54. The quantitative estimate of drug-likeness (QED) is 0.743. The van der Waals surface area contributed by atoms with E-state index in [1.165, 1.54) is 45.6 Å². The highest BCUT2D eigenvalue weighted by atomic mass is 32.2. The van der Waals surface area contributed by atoms with E-state index in [9.17, 15) is 8.42 Å². The Morgan fingerprint density at radius 2 is 1.68 bits per heavy atom.